The third-order valence-electron chi connectivity index (χ3n) is 1.87. The Morgan fingerprint density at radius 3 is 2.67 bits per heavy atom. The molecule has 2 aromatic rings. The van der Waals surface area contributed by atoms with Crippen molar-refractivity contribution in [3.05, 3.63) is 54.4 Å². The first-order valence-corrected chi connectivity index (χ1v) is 4.48. The number of nitrogens with zero attached hydrogens (tertiary/aromatic N) is 2. The van der Waals surface area contributed by atoms with Crippen molar-refractivity contribution in [2.45, 2.75) is 6.61 Å². The van der Waals surface area contributed by atoms with E-state index >= 15 is 0 Å². The summed E-state index contributed by atoms with van der Waals surface area (Å²) in [6.45, 7) is 0.311. The summed E-state index contributed by atoms with van der Waals surface area (Å²) in [5.41, 5.74) is 0.938. The number of aromatic nitrogens is 2. The minimum atomic E-state index is -0.591. The molecule has 15 heavy (non-hydrogen) atoms. The lowest BCUT2D eigenvalue weighted by Crippen LogP contribution is -1.98. The molecule has 0 aliphatic heterocycles. The fourth-order valence-electron chi connectivity index (χ4n) is 1.12. The first-order chi connectivity index (χ1) is 7.36. The van der Waals surface area contributed by atoms with Crippen LogP contribution in [0.25, 0.3) is 0 Å². The van der Waals surface area contributed by atoms with Crippen LogP contribution in [0.3, 0.4) is 0 Å². The Labute approximate surface area is 86.6 Å². The van der Waals surface area contributed by atoms with Crippen LogP contribution in [0.2, 0.25) is 0 Å². The Bertz CT molecular complexity index is 434. The van der Waals surface area contributed by atoms with E-state index in [1.54, 1.807) is 24.5 Å². The summed E-state index contributed by atoms with van der Waals surface area (Å²) in [7, 11) is 0. The molecule has 0 N–H and O–H groups in total. The molecule has 0 atom stereocenters. The number of hydrogen-bond acceptors (Lipinski definition) is 3. The van der Waals surface area contributed by atoms with Crippen molar-refractivity contribution < 1.29 is 9.13 Å². The van der Waals surface area contributed by atoms with E-state index in [1.165, 1.54) is 6.20 Å². The first kappa shape index (κ1) is 9.58. The van der Waals surface area contributed by atoms with Crippen LogP contribution < -0.4 is 4.74 Å². The van der Waals surface area contributed by atoms with E-state index in [0.717, 1.165) is 5.56 Å². The van der Waals surface area contributed by atoms with Gasteiger partial charge in [-0.05, 0) is 29.8 Å². The van der Waals surface area contributed by atoms with Gasteiger partial charge in [0.15, 0.2) is 5.75 Å². The van der Waals surface area contributed by atoms with Gasteiger partial charge in [0.1, 0.15) is 6.61 Å². The van der Waals surface area contributed by atoms with Crippen LogP contribution in [0.5, 0.6) is 5.75 Å². The molecule has 0 aliphatic carbocycles. The highest BCUT2D eigenvalue weighted by atomic mass is 19.1. The summed E-state index contributed by atoms with van der Waals surface area (Å²) in [5, 5.41) is 0. The number of hydrogen-bond donors (Lipinski definition) is 0. The molecule has 0 unspecified atom stereocenters. The van der Waals surface area contributed by atoms with Gasteiger partial charge in [-0.15, -0.1) is 0 Å². The van der Waals surface area contributed by atoms with Gasteiger partial charge < -0.3 is 4.74 Å². The molecular weight excluding hydrogens is 195 g/mol. The number of pyridine rings is 2. The maximum atomic E-state index is 13.0. The molecule has 0 saturated heterocycles. The molecule has 0 bridgehead atoms. The van der Waals surface area contributed by atoms with E-state index in [-0.39, 0.29) is 5.75 Å². The quantitative estimate of drug-likeness (QED) is 0.719. The Balaban J connectivity index is 2.03. The zero-order valence-electron chi connectivity index (χ0n) is 7.93. The van der Waals surface area contributed by atoms with Gasteiger partial charge in [-0.2, -0.15) is 4.39 Å². The molecule has 2 rings (SSSR count). The topological polar surface area (TPSA) is 35.0 Å². The lowest BCUT2D eigenvalue weighted by molar-refractivity contribution is 0.286. The van der Waals surface area contributed by atoms with Crippen molar-refractivity contribution in [2.24, 2.45) is 0 Å². The molecule has 0 aliphatic rings. The van der Waals surface area contributed by atoms with Gasteiger partial charge in [0, 0.05) is 18.6 Å². The Morgan fingerprint density at radius 1 is 1.13 bits per heavy atom. The number of halogens is 1. The molecule has 3 nitrogen and oxygen atoms in total. The minimum Gasteiger partial charge on any atom is -0.484 e. The van der Waals surface area contributed by atoms with Crippen molar-refractivity contribution >= 4 is 0 Å². The maximum absolute atomic E-state index is 13.0. The highest BCUT2D eigenvalue weighted by molar-refractivity contribution is 5.19. The van der Waals surface area contributed by atoms with Crippen molar-refractivity contribution in [3.63, 3.8) is 0 Å². The van der Waals surface area contributed by atoms with Crippen molar-refractivity contribution in [3.8, 4) is 5.75 Å². The van der Waals surface area contributed by atoms with Gasteiger partial charge in [-0.3, -0.25) is 4.98 Å². The van der Waals surface area contributed by atoms with Crippen LogP contribution >= 0.6 is 0 Å². The lowest BCUT2D eigenvalue weighted by atomic mass is 10.3. The second kappa shape index (κ2) is 4.50. The molecule has 2 aromatic heterocycles. The molecule has 0 amide bonds. The van der Waals surface area contributed by atoms with E-state index in [9.17, 15) is 4.39 Å². The monoisotopic (exact) mass is 204 g/mol. The van der Waals surface area contributed by atoms with Crippen LogP contribution in [0.4, 0.5) is 4.39 Å². The third kappa shape index (κ3) is 2.49. The van der Waals surface area contributed by atoms with Gasteiger partial charge in [0.05, 0.1) is 0 Å². The Kier molecular flexibility index (Phi) is 2.88. The third-order valence-corrected chi connectivity index (χ3v) is 1.87. The highest BCUT2D eigenvalue weighted by Gasteiger charge is 2.02. The smallest absolute Gasteiger partial charge is 0.255 e. The van der Waals surface area contributed by atoms with Crippen LogP contribution in [-0.2, 0) is 6.61 Å². The fourth-order valence-corrected chi connectivity index (χ4v) is 1.12. The number of ether oxygens (including phenoxy) is 1. The van der Waals surface area contributed by atoms with Gasteiger partial charge >= 0.3 is 0 Å². The van der Waals surface area contributed by atoms with Crippen LogP contribution in [0.1, 0.15) is 5.56 Å². The lowest BCUT2D eigenvalue weighted by Gasteiger charge is -2.05. The Morgan fingerprint density at radius 2 is 1.93 bits per heavy atom. The van der Waals surface area contributed by atoms with E-state index in [4.69, 9.17) is 4.74 Å². The molecule has 76 valence electrons. The normalized spacial score (nSPS) is 9.93. The molecule has 2 heterocycles. The molecular formula is C11H9FN2O. The summed E-state index contributed by atoms with van der Waals surface area (Å²) >= 11 is 0. The average molecular weight is 204 g/mol. The van der Waals surface area contributed by atoms with Crippen LogP contribution in [-0.4, -0.2) is 9.97 Å². The second-order valence-electron chi connectivity index (χ2n) is 2.94. The molecule has 0 saturated carbocycles. The van der Waals surface area contributed by atoms with Crippen molar-refractivity contribution in [1.82, 2.24) is 9.97 Å². The van der Waals surface area contributed by atoms with Gasteiger partial charge in [0.2, 0.25) is 0 Å². The molecule has 0 aromatic carbocycles. The zero-order valence-corrected chi connectivity index (χ0v) is 7.93. The van der Waals surface area contributed by atoms with E-state index in [0.29, 0.717) is 6.61 Å². The maximum Gasteiger partial charge on any atom is 0.255 e. The standard InChI is InChI=1S/C11H9FN2O/c12-11-10(2-1-5-14-11)15-8-9-3-6-13-7-4-9/h1-7H,8H2. The van der Waals surface area contributed by atoms with Crippen molar-refractivity contribution in [2.75, 3.05) is 0 Å². The predicted octanol–water partition coefficient (Wildman–Crippen LogP) is 2.19. The predicted molar refractivity (Wildman–Crippen MR) is 52.8 cm³/mol. The van der Waals surface area contributed by atoms with E-state index in [1.807, 2.05) is 12.1 Å². The minimum absolute atomic E-state index is 0.161. The van der Waals surface area contributed by atoms with Gasteiger partial charge in [-0.25, -0.2) is 4.98 Å². The van der Waals surface area contributed by atoms with Gasteiger partial charge in [0.25, 0.3) is 5.95 Å². The molecule has 0 spiro atoms. The van der Waals surface area contributed by atoms with Crippen molar-refractivity contribution in [1.29, 1.82) is 0 Å². The first-order valence-electron chi connectivity index (χ1n) is 4.48. The zero-order chi connectivity index (χ0) is 10.5. The highest BCUT2D eigenvalue weighted by Crippen LogP contribution is 2.14. The van der Waals surface area contributed by atoms with E-state index < -0.39 is 5.95 Å². The second-order valence-corrected chi connectivity index (χ2v) is 2.94. The van der Waals surface area contributed by atoms with E-state index in [2.05, 4.69) is 9.97 Å². The molecule has 0 fully saturated rings. The largest absolute Gasteiger partial charge is 0.484 e. The number of rotatable bonds is 3. The van der Waals surface area contributed by atoms with Gasteiger partial charge in [-0.1, -0.05) is 0 Å². The molecule has 4 heteroatoms. The summed E-state index contributed by atoms with van der Waals surface area (Å²) < 4.78 is 18.3. The average Bonchev–Trinajstić information content (AvgIpc) is 2.29. The molecule has 0 radical (unpaired) electrons. The Hall–Kier alpha value is -1.97. The van der Waals surface area contributed by atoms with Crippen LogP contribution in [0.15, 0.2) is 42.9 Å². The summed E-state index contributed by atoms with van der Waals surface area (Å²) in [5.74, 6) is -0.430. The SMILES string of the molecule is Fc1ncccc1OCc1ccncc1. The summed E-state index contributed by atoms with van der Waals surface area (Å²) in [6.07, 6.45) is 4.71. The summed E-state index contributed by atoms with van der Waals surface area (Å²) in [6, 6.07) is 6.80. The fraction of sp³-hybridized carbons (Fsp3) is 0.0909. The summed E-state index contributed by atoms with van der Waals surface area (Å²) in [4.78, 5) is 7.36. The van der Waals surface area contributed by atoms with Crippen LogP contribution in [0, 0.1) is 5.95 Å².